The Balaban J connectivity index is 2.13. The lowest BCUT2D eigenvalue weighted by Gasteiger charge is -2.12. The van der Waals surface area contributed by atoms with Crippen LogP contribution in [0.1, 0.15) is 30.9 Å². The zero-order chi connectivity index (χ0) is 15.7. The second kappa shape index (κ2) is 5.98. The van der Waals surface area contributed by atoms with Gasteiger partial charge in [-0.25, -0.2) is 0 Å². The van der Waals surface area contributed by atoms with Gasteiger partial charge in [-0.05, 0) is 46.9 Å². The molecular formula is C19H17ClO2. The van der Waals surface area contributed by atoms with Crippen molar-refractivity contribution in [2.75, 3.05) is 0 Å². The molecule has 2 aromatic rings. The van der Waals surface area contributed by atoms with Crippen molar-refractivity contribution >= 4 is 23.0 Å². The van der Waals surface area contributed by atoms with Gasteiger partial charge in [0, 0.05) is 17.9 Å². The molecule has 112 valence electrons. The van der Waals surface area contributed by atoms with Crippen molar-refractivity contribution in [3.63, 3.8) is 0 Å². The molecule has 22 heavy (non-hydrogen) atoms. The van der Waals surface area contributed by atoms with E-state index in [-0.39, 0.29) is 11.5 Å². The number of rotatable bonds is 3. The quantitative estimate of drug-likeness (QED) is 0.845. The molecule has 2 aromatic carbocycles. The molecule has 3 heteroatoms. The molecule has 0 atom stereocenters. The minimum Gasteiger partial charge on any atom is -0.512 e. The second-order valence-corrected chi connectivity index (χ2v) is 5.91. The van der Waals surface area contributed by atoms with Gasteiger partial charge in [0.2, 0.25) is 0 Å². The molecule has 0 unspecified atom stereocenters. The lowest BCUT2D eigenvalue weighted by Crippen LogP contribution is -2.01. The highest BCUT2D eigenvalue weighted by Gasteiger charge is 2.25. The maximum absolute atomic E-state index is 12.1. The van der Waals surface area contributed by atoms with Crippen molar-refractivity contribution in [2.24, 2.45) is 0 Å². The number of hydrogen-bond donors (Lipinski definition) is 1. The van der Waals surface area contributed by atoms with Gasteiger partial charge in [0.05, 0.1) is 5.57 Å². The molecule has 0 radical (unpaired) electrons. The Hall–Kier alpha value is -2.06. The maximum Gasteiger partial charge on any atom is 0.167 e. The molecule has 0 bridgehead atoms. The van der Waals surface area contributed by atoms with Gasteiger partial charge in [-0.1, -0.05) is 42.8 Å². The van der Waals surface area contributed by atoms with E-state index in [1.807, 2.05) is 42.5 Å². The van der Waals surface area contributed by atoms with Gasteiger partial charge in [-0.2, -0.15) is 0 Å². The topological polar surface area (TPSA) is 37.3 Å². The highest BCUT2D eigenvalue weighted by atomic mass is 35.5. The molecule has 1 aliphatic rings. The lowest BCUT2D eigenvalue weighted by atomic mass is 9.92. The van der Waals surface area contributed by atoms with Crippen LogP contribution < -0.4 is 0 Å². The highest BCUT2D eigenvalue weighted by Crippen LogP contribution is 2.34. The number of carbonyl (C=O) groups excluding carboxylic acids is 1. The summed E-state index contributed by atoms with van der Waals surface area (Å²) in [5, 5.41) is 10.8. The van der Waals surface area contributed by atoms with Crippen LogP contribution in [0.2, 0.25) is 5.02 Å². The number of hydrogen-bond acceptors (Lipinski definition) is 2. The van der Waals surface area contributed by atoms with E-state index in [4.69, 9.17) is 11.6 Å². The van der Waals surface area contributed by atoms with Gasteiger partial charge in [-0.15, -0.1) is 0 Å². The molecule has 3 rings (SSSR count). The van der Waals surface area contributed by atoms with Crippen molar-refractivity contribution in [1.29, 1.82) is 0 Å². The molecule has 0 aliphatic heterocycles. The monoisotopic (exact) mass is 312 g/mol. The summed E-state index contributed by atoms with van der Waals surface area (Å²) in [7, 11) is 0. The number of aryl methyl sites for hydroxylation is 1. The number of halogens is 1. The summed E-state index contributed by atoms with van der Waals surface area (Å²) in [4.78, 5) is 12.1. The maximum atomic E-state index is 12.1. The number of carbonyl (C=O) groups is 1. The van der Waals surface area contributed by atoms with E-state index in [0.717, 1.165) is 28.7 Å². The van der Waals surface area contributed by atoms with Crippen LogP contribution in [0.5, 0.6) is 0 Å². The van der Waals surface area contributed by atoms with Gasteiger partial charge in [0.15, 0.2) is 5.78 Å². The molecule has 0 heterocycles. The number of aliphatic hydroxyl groups excluding tert-OH is 1. The zero-order valence-electron chi connectivity index (χ0n) is 12.4. The van der Waals surface area contributed by atoms with Crippen molar-refractivity contribution in [1.82, 2.24) is 0 Å². The molecule has 0 spiro atoms. The number of ketones is 1. The first-order valence-corrected chi connectivity index (χ1v) is 7.82. The summed E-state index contributed by atoms with van der Waals surface area (Å²) in [6.45, 7) is 2.05. The Morgan fingerprint density at radius 2 is 1.73 bits per heavy atom. The van der Waals surface area contributed by atoms with Crippen LogP contribution in [0.15, 0.2) is 48.2 Å². The third-order valence-corrected chi connectivity index (χ3v) is 4.35. The first-order valence-electron chi connectivity index (χ1n) is 7.44. The molecule has 0 amide bonds. The molecule has 0 saturated heterocycles. The van der Waals surface area contributed by atoms with Crippen LogP contribution in [-0.4, -0.2) is 10.9 Å². The molecule has 0 fully saturated rings. The molecule has 1 aliphatic carbocycles. The molecule has 2 nitrogen and oxygen atoms in total. The van der Waals surface area contributed by atoms with E-state index >= 15 is 0 Å². The van der Waals surface area contributed by atoms with Gasteiger partial charge in [0.1, 0.15) is 5.76 Å². The highest BCUT2D eigenvalue weighted by molar-refractivity contribution is 6.30. The minimum absolute atomic E-state index is 0.0282. The summed E-state index contributed by atoms with van der Waals surface area (Å²) in [5.74, 6) is 0.244. The molecule has 1 N–H and O–H groups in total. The van der Waals surface area contributed by atoms with Crippen LogP contribution in [0, 0.1) is 0 Å². The van der Waals surface area contributed by atoms with E-state index in [1.165, 1.54) is 0 Å². The second-order valence-electron chi connectivity index (χ2n) is 5.48. The van der Waals surface area contributed by atoms with E-state index in [0.29, 0.717) is 23.4 Å². The summed E-state index contributed by atoms with van der Waals surface area (Å²) in [6.07, 6.45) is 1.66. The third kappa shape index (κ3) is 2.67. The first kappa shape index (κ1) is 14.9. The predicted molar refractivity (Wildman–Crippen MR) is 90.1 cm³/mol. The number of aliphatic hydroxyl groups is 1. The number of allylic oxidation sites excluding steroid dienone is 2. The zero-order valence-corrected chi connectivity index (χ0v) is 13.2. The van der Waals surface area contributed by atoms with Crippen LogP contribution in [-0.2, 0) is 11.2 Å². The number of benzene rings is 2. The van der Waals surface area contributed by atoms with E-state index < -0.39 is 0 Å². The number of Topliss-reactive ketones (excluding diaryl/α,β-unsaturated/α-hetero) is 1. The summed E-state index contributed by atoms with van der Waals surface area (Å²) < 4.78 is 0. The standard InChI is InChI=1S/C19H17ClO2/c1-2-12-3-4-14(13-5-7-15(20)8-6-13)11-16(12)19-17(21)9-10-18(19)22/h3-8,11,21H,2,9-10H2,1H3. The smallest absolute Gasteiger partial charge is 0.167 e. The molecule has 0 saturated carbocycles. The SMILES string of the molecule is CCc1ccc(-c2ccc(Cl)cc2)cc1C1=C(O)CCC1=O. The Morgan fingerprint density at radius 1 is 1.05 bits per heavy atom. The largest absolute Gasteiger partial charge is 0.512 e. The average Bonchev–Trinajstić information content (AvgIpc) is 2.86. The minimum atomic E-state index is 0.0282. The Kier molecular flexibility index (Phi) is 4.04. The summed E-state index contributed by atoms with van der Waals surface area (Å²) in [5.41, 5.74) is 4.49. The summed E-state index contributed by atoms with van der Waals surface area (Å²) >= 11 is 5.93. The van der Waals surface area contributed by atoms with E-state index in [9.17, 15) is 9.90 Å². The van der Waals surface area contributed by atoms with E-state index in [2.05, 4.69) is 6.92 Å². The Bertz CT molecular complexity index is 758. The van der Waals surface area contributed by atoms with Gasteiger partial charge in [0.25, 0.3) is 0 Å². The fourth-order valence-electron chi connectivity index (χ4n) is 2.89. The van der Waals surface area contributed by atoms with Crippen molar-refractivity contribution in [2.45, 2.75) is 26.2 Å². The molecular weight excluding hydrogens is 296 g/mol. The third-order valence-electron chi connectivity index (χ3n) is 4.09. The Labute approximate surface area is 135 Å². The van der Waals surface area contributed by atoms with E-state index in [1.54, 1.807) is 0 Å². The normalized spacial score (nSPS) is 14.7. The van der Waals surface area contributed by atoms with Crippen LogP contribution >= 0.6 is 11.6 Å². The van der Waals surface area contributed by atoms with Gasteiger partial charge < -0.3 is 5.11 Å². The Morgan fingerprint density at radius 3 is 2.32 bits per heavy atom. The van der Waals surface area contributed by atoms with Crippen LogP contribution in [0.3, 0.4) is 0 Å². The van der Waals surface area contributed by atoms with Crippen molar-refractivity contribution < 1.29 is 9.90 Å². The fourth-order valence-corrected chi connectivity index (χ4v) is 3.01. The predicted octanol–water partition coefficient (Wildman–Crippen LogP) is 5.20. The average molecular weight is 313 g/mol. The van der Waals surface area contributed by atoms with Gasteiger partial charge in [-0.3, -0.25) is 4.79 Å². The lowest BCUT2D eigenvalue weighted by molar-refractivity contribution is -0.113. The molecule has 0 aromatic heterocycles. The summed E-state index contributed by atoms with van der Waals surface area (Å²) in [6, 6.07) is 13.7. The van der Waals surface area contributed by atoms with Crippen molar-refractivity contribution in [3.05, 3.63) is 64.4 Å². The van der Waals surface area contributed by atoms with Crippen LogP contribution in [0.25, 0.3) is 16.7 Å². The van der Waals surface area contributed by atoms with Crippen LogP contribution in [0.4, 0.5) is 0 Å². The first-order chi connectivity index (χ1) is 10.6. The van der Waals surface area contributed by atoms with Gasteiger partial charge >= 0.3 is 0 Å². The fraction of sp³-hybridized carbons (Fsp3) is 0.211. The van der Waals surface area contributed by atoms with Crippen molar-refractivity contribution in [3.8, 4) is 11.1 Å².